The van der Waals surface area contributed by atoms with E-state index in [1.54, 1.807) is 0 Å². The van der Waals surface area contributed by atoms with Crippen LogP contribution in [0.3, 0.4) is 0 Å². The quantitative estimate of drug-likeness (QED) is 0.316. The zero-order valence-corrected chi connectivity index (χ0v) is 19.2. The van der Waals surface area contributed by atoms with Gasteiger partial charge in [-0.05, 0) is 47.5 Å². The zero-order chi connectivity index (χ0) is 21.9. The summed E-state index contributed by atoms with van der Waals surface area (Å²) in [6.45, 7) is 2.24. The monoisotopic (exact) mass is 435 g/mol. The molecule has 2 nitrogen and oxygen atoms in total. The van der Waals surface area contributed by atoms with Crippen LogP contribution in [-0.2, 0) is 9.72 Å². The average Bonchev–Trinajstić information content (AvgIpc) is 3.03. The van der Waals surface area contributed by atoms with Gasteiger partial charge in [0.2, 0.25) is 0 Å². The molecule has 158 valence electrons. The minimum absolute atomic E-state index is 0.0376. The van der Waals surface area contributed by atoms with Gasteiger partial charge in [-0.25, -0.2) is 4.67 Å². The van der Waals surface area contributed by atoms with E-state index < -0.39 is 12.4 Å². The third-order valence-electron chi connectivity index (χ3n) is 7.69. The van der Waals surface area contributed by atoms with Crippen molar-refractivity contribution >= 4 is 29.4 Å². The third kappa shape index (κ3) is 2.43. The SMILES string of the molecule is CN1[C@H](c2ccccc2)[C@@H]2C=Cc3ccccc3[C@]2(C)P1(=O)c1cccc2ccccc12. The van der Waals surface area contributed by atoms with Crippen LogP contribution in [0.4, 0.5) is 0 Å². The van der Waals surface area contributed by atoms with E-state index in [9.17, 15) is 0 Å². The number of nitrogens with zero attached hydrogens (tertiary/aromatic N) is 1. The molecule has 3 heteroatoms. The maximum absolute atomic E-state index is 15.7. The Balaban J connectivity index is 1.70. The van der Waals surface area contributed by atoms with Crippen molar-refractivity contribution in [2.45, 2.75) is 18.1 Å². The van der Waals surface area contributed by atoms with E-state index in [4.69, 9.17) is 0 Å². The van der Waals surface area contributed by atoms with Gasteiger partial charge < -0.3 is 4.57 Å². The molecule has 0 saturated carbocycles. The lowest BCUT2D eigenvalue weighted by Crippen LogP contribution is -2.34. The molecule has 1 aliphatic carbocycles. The molecule has 1 heterocycles. The Morgan fingerprint density at radius 3 is 2.34 bits per heavy atom. The molecule has 1 saturated heterocycles. The molecule has 0 aromatic heterocycles. The summed E-state index contributed by atoms with van der Waals surface area (Å²) in [7, 11) is -1.00. The van der Waals surface area contributed by atoms with Gasteiger partial charge in [0.15, 0.2) is 7.29 Å². The molecule has 4 atom stereocenters. The van der Waals surface area contributed by atoms with Gasteiger partial charge in [-0.3, -0.25) is 0 Å². The Kier molecular flexibility index (Phi) is 4.34. The third-order valence-corrected chi connectivity index (χ3v) is 11.7. The first kappa shape index (κ1) is 19.7. The van der Waals surface area contributed by atoms with Gasteiger partial charge >= 0.3 is 0 Å². The molecule has 4 aromatic rings. The van der Waals surface area contributed by atoms with E-state index in [-0.39, 0.29) is 12.0 Å². The first-order chi connectivity index (χ1) is 15.6. The largest absolute Gasteiger partial charge is 0.300 e. The minimum Gasteiger partial charge on any atom is -0.300 e. The first-order valence-corrected chi connectivity index (χ1v) is 12.9. The van der Waals surface area contributed by atoms with Crippen molar-refractivity contribution in [1.29, 1.82) is 0 Å². The second-order valence-electron chi connectivity index (χ2n) is 9.12. The summed E-state index contributed by atoms with van der Waals surface area (Å²) in [4.78, 5) is 0. The van der Waals surface area contributed by atoms with E-state index in [0.29, 0.717) is 0 Å². The van der Waals surface area contributed by atoms with E-state index in [0.717, 1.165) is 16.1 Å². The van der Waals surface area contributed by atoms with Crippen LogP contribution < -0.4 is 5.30 Å². The Labute approximate surface area is 189 Å². The highest BCUT2D eigenvalue weighted by Gasteiger charge is 2.65. The van der Waals surface area contributed by atoms with E-state index in [1.807, 2.05) is 6.07 Å². The lowest BCUT2D eigenvalue weighted by atomic mass is 9.74. The molecule has 1 fully saturated rings. The normalized spacial score (nSPS) is 29.1. The summed E-state index contributed by atoms with van der Waals surface area (Å²) in [5.74, 6) is 0.106. The number of hydrogen-bond donors (Lipinski definition) is 0. The molecule has 1 unspecified atom stereocenters. The van der Waals surface area contributed by atoms with Gasteiger partial charge in [0, 0.05) is 17.3 Å². The number of hydrogen-bond acceptors (Lipinski definition) is 1. The van der Waals surface area contributed by atoms with Crippen molar-refractivity contribution in [3.05, 3.63) is 120 Å². The second kappa shape index (κ2) is 7.04. The summed E-state index contributed by atoms with van der Waals surface area (Å²) in [6.07, 6.45) is 4.53. The highest BCUT2D eigenvalue weighted by atomic mass is 31.2. The van der Waals surface area contributed by atoms with Crippen LogP contribution in [0.1, 0.15) is 29.7 Å². The Morgan fingerprint density at radius 2 is 1.50 bits per heavy atom. The van der Waals surface area contributed by atoms with Crippen LogP contribution in [0.15, 0.2) is 103 Å². The van der Waals surface area contributed by atoms with Gasteiger partial charge in [-0.15, -0.1) is 0 Å². The molecule has 2 aliphatic rings. The van der Waals surface area contributed by atoms with Gasteiger partial charge in [0.05, 0.1) is 5.16 Å². The van der Waals surface area contributed by atoms with Crippen molar-refractivity contribution in [3.63, 3.8) is 0 Å². The molecular formula is C29H26NOP. The second-order valence-corrected chi connectivity index (χ2v) is 12.3. The molecule has 1 aliphatic heterocycles. The van der Waals surface area contributed by atoms with Crippen molar-refractivity contribution in [2.75, 3.05) is 7.05 Å². The number of rotatable bonds is 2. The molecule has 32 heavy (non-hydrogen) atoms. The van der Waals surface area contributed by atoms with Crippen LogP contribution in [-0.4, -0.2) is 11.7 Å². The summed E-state index contributed by atoms with van der Waals surface area (Å²) < 4.78 is 17.9. The molecule has 0 spiro atoms. The van der Waals surface area contributed by atoms with Crippen LogP contribution >= 0.6 is 7.29 Å². The summed E-state index contributed by atoms with van der Waals surface area (Å²) in [5.41, 5.74) is 3.58. The molecule has 0 radical (unpaired) electrons. The zero-order valence-electron chi connectivity index (χ0n) is 18.3. The van der Waals surface area contributed by atoms with E-state index in [1.165, 1.54) is 16.7 Å². The van der Waals surface area contributed by atoms with E-state index in [2.05, 4.69) is 122 Å². The highest BCUT2D eigenvalue weighted by molar-refractivity contribution is 7.71. The Hall–Kier alpha value is -2.93. The highest BCUT2D eigenvalue weighted by Crippen LogP contribution is 2.78. The lowest BCUT2D eigenvalue weighted by Gasteiger charge is -2.40. The van der Waals surface area contributed by atoms with E-state index >= 15 is 4.57 Å². The van der Waals surface area contributed by atoms with Crippen LogP contribution in [0, 0.1) is 5.92 Å². The number of benzene rings is 4. The molecule has 0 amide bonds. The molecule has 0 N–H and O–H groups in total. The Bertz CT molecular complexity index is 1400. The first-order valence-electron chi connectivity index (χ1n) is 11.2. The molecule has 0 bridgehead atoms. The van der Waals surface area contributed by atoms with Crippen molar-refractivity contribution in [3.8, 4) is 0 Å². The minimum atomic E-state index is -3.07. The maximum atomic E-state index is 15.7. The summed E-state index contributed by atoms with van der Waals surface area (Å²) >= 11 is 0. The van der Waals surface area contributed by atoms with Crippen LogP contribution in [0.5, 0.6) is 0 Å². The van der Waals surface area contributed by atoms with Crippen LogP contribution in [0.2, 0.25) is 0 Å². The standard InChI is InChI=1S/C29H26NOP/c1-29-25-17-9-7-12-22(25)19-20-26(29)28(23-13-4-3-5-14-23)30(2)32(29,31)27-18-10-15-21-11-6-8-16-24(21)27/h3-20,26,28H,1-2H3/t26-,28+,29-,32?/m0/s1. The lowest BCUT2D eigenvalue weighted by molar-refractivity contribution is 0.332. The predicted octanol–water partition coefficient (Wildman–Crippen LogP) is 6.99. The van der Waals surface area contributed by atoms with Crippen molar-refractivity contribution < 1.29 is 4.57 Å². The molecule has 4 aromatic carbocycles. The van der Waals surface area contributed by atoms with Crippen molar-refractivity contribution in [1.82, 2.24) is 4.67 Å². The fraction of sp³-hybridized carbons (Fsp3) is 0.172. The predicted molar refractivity (Wildman–Crippen MR) is 134 cm³/mol. The number of fused-ring (bicyclic) bond motifs is 4. The summed E-state index contributed by atoms with van der Waals surface area (Å²) in [5, 5.41) is 2.66. The van der Waals surface area contributed by atoms with Gasteiger partial charge in [-0.2, -0.15) is 0 Å². The summed E-state index contributed by atoms with van der Waals surface area (Å²) in [6, 6.07) is 33.7. The molecule has 6 rings (SSSR count). The fourth-order valence-corrected chi connectivity index (χ4v) is 10.3. The average molecular weight is 436 g/mol. The van der Waals surface area contributed by atoms with Gasteiger partial charge in [0.1, 0.15) is 0 Å². The van der Waals surface area contributed by atoms with Gasteiger partial charge in [-0.1, -0.05) is 103 Å². The fourth-order valence-electron chi connectivity index (χ4n) is 6.16. The molecular weight excluding hydrogens is 409 g/mol. The smallest absolute Gasteiger partial charge is 0.190 e. The van der Waals surface area contributed by atoms with Crippen LogP contribution in [0.25, 0.3) is 16.8 Å². The Morgan fingerprint density at radius 1 is 0.812 bits per heavy atom. The van der Waals surface area contributed by atoms with Gasteiger partial charge in [0.25, 0.3) is 0 Å². The topological polar surface area (TPSA) is 20.3 Å². The van der Waals surface area contributed by atoms with Crippen molar-refractivity contribution in [2.24, 2.45) is 5.92 Å². The maximum Gasteiger partial charge on any atom is 0.190 e.